The molecule has 0 aromatic heterocycles. The van der Waals surface area contributed by atoms with Crippen LogP contribution in [0.3, 0.4) is 0 Å². The summed E-state index contributed by atoms with van der Waals surface area (Å²) in [5, 5.41) is 0. The molecule has 0 spiro atoms. The molecule has 4 aromatic rings. The highest BCUT2D eigenvalue weighted by atomic mass is 32.2. The predicted octanol–water partition coefficient (Wildman–Crippen LogP) is 4.63. The summed E-state index contributed by atoms with van der Waals surface area (Å²) in [5.41, 5.74) is 1.47. The summed E-state index contributed by atoms with van der Waals surface area (Å²) in [6, 6.07) is 21.1. The van der Waals surface area contributed by atoms with Gasteiger partial charge in [0.2, 0.25) is 0 Å². The molecule has 45 heavy (non-hydrogen) atoms. The lowest BCUT2D eigenvalue weighted by Gasteiger charge is -2.22. The van der Waals surface area contributed by atoms with Gasteiger partial charge in [0.1, 0.15) is 12.4 Å². The van der Waals surface area contributed by atoms with Gasteiger partial charge in [0.05, 0.1) is 38.6 Å². The average Bonchev–Trinajstić information content (AvgIpc) is 2.94. The fourth-order valence-electron chi connectivity index (χ4n) is 4.36. The van der Waals surface area contributed by atoms with Crippen LogP contribution in [0, 0.1) is 0 Å². The van der Waals surface area contributed by atoms with E-state index in [9.17, 15) is 25.3 Å². The van der Waals surface area contributed by atoms with Gasteiger partial charge in [0.15, 0.2) is 28.7 Å². The Morgan fingerprint density at radius 1 is 0.533 bits per heavy atom. The Balaban J connectivity index is 1.98. The fourth-order valence-corrected chi connectivity index (χ4v) is 5.75. The van der Waals surface area contributed by atoms with Gasteiger partial charge < -0.3 is 26.8 Å². The monoisotopic (exact) mass is 678 g/mol. The van der Waals surface area contributed by atoms with Crippen LogP contribution < -0.4 is 26.8 Å². The van der Waals surface area contributed by atoms with Gasteiger partial charge in [-0.05, 0) is 35.4 Å². The minimum absolute atomic E-state index is 0.0537. The molecule has 0 atom stereocenters. The largest absolute Gasteiger partial charge is 0.496 e. The van der Waals surface area contributed by atoms with Gasteiger partial charge in [0.25, 0.3) is 0 Å². The van der Waals surface area contributed by atoms with E-state index in [4.69, 9.17) is 26.8 Å². The van der Waals surface area contributed by atoms with Crippen LogP contribution >= 0.6 is 0 Å². The third-order valence-electron chi connectivity index (χ3n) is 5.99. The molecule has 12 nitrogen and oxygen atoms in total. The van der Waals surface area contributed by atoms with Gasteiger partial charge in [-0.25, -0.2) is 0 Å². The average molecular weight is 679 g/mol. The smallest absolute Gasteiger partial charge is 0.306 e. The minimum atomic E-state index is -4.20. The van der Waals surface area contributed by atoms with Crippen molar-refractivity contribution in [2.24, 2.45) is 0 Å². The molecule has 0 aliphatic carbocycles. The van der Waals surface area contributed by atoms with E-state index < -0.39 is 30.4 Å². The molecular weight excluding hydrogens is 649 g/mol. The van der Waals surface area contributed by atoms with Crippen molar-refractivity contribution < 1.29 is 52.0 Å². The highest BCUT2D eigenvalue weighted by molar-refractivity contribution is 7.86. The molecule has 15 heteroatoms. The number of methoxy groups -OCH3 is 2. The summed E-state index contributed by atoms with van der Waals surface area (Å²) in [6.45, 7) is 0.101. The van der Waals surface area contributed by atoms with Gasteiger partial charge in [-0.15, -0.1) is 0 Å². The molecule has 0 amide bonds. The quantitative estimate of drug-likeness (QED) is 0.181. The Bertz CT molecular complexity index is 2020. The maximum absolute atomic E-state index is 12.5. The van der Waals surface area contributed by atoms with Crippen LogP contribution in [0.15, 0.2) is 78.9 Å². The molecule has 0 saturated carbocycles. The maximum Gasteiger partial charge on any atom is 0.306 e. The highest BCUT2D eigenvalue weighted by Gasteiger charge is 2.28. The maximum atomic E-state index is 12.5. The van der Waals surface area contributed by atoms with Gasteiger partial charge in [-0.1, -0.05) is 54.6 Å². The molecule has 0 bridgehead atoms. The Morgan fingerprint density at radius 3 is 1.73 bits per heavy atom. The number of hydrogen-bond donors (Lipinski definition) is 0. The van der Waals surface area contributed by atoms with Crippen molar-refractivity contribution in [2.45, 2.75) is 6.61 Å². The van der Waals surface area contributed by atoms with E-state index in [2.05, 4.69) is 0 Å². The molecule has 0 saturated heterocycles. The van der Waals surface area contributed by atoms with Crippen molar-refractivity contribution in [1.82, 2.24) is 0 Å². The van der Waals surface area contributed by atoms with Crippen LogP contribution in [-0.2, 0) is 37.0 Å². The van der Waals surface area contributed by atoms with Crippen molar-refractivity contribution in [3.05, 3.63) is 84.4 Å². The Labute approximate surface area is 262 Å². The van der Waals surface area contributed by atoms with Crippen molar-refractivity contribution in [2.75, 3.05) is 33.0 Å². The number of rotatable bonds is 13. The summed E-state index contributed by atoms with van der Waals surface area (Å²) in [7, 11) is -9.61. The SMILES string of the molecule is COc1cc(-c2ccccc2OS(C)(=O)=O)c(OC)c(OS(C)(=O)=O)c1-c1ccc(OCc2ccccc2)c(OS(C)(=O)=O)c1. The summed E-state index contributed by atoms with van der Waals surface area (Å²) >= 11 is 0. The first kappa shape index (κ1) is 33.4. The first-order chi connectivity index (χ1) is 21.1. The third kappa shape index (κ3) is 8.80. The second-order valence-electron chi connectivity index (χ2n) is 9.66. The number of para-hydroxylation sites is 1. The molecular formula is C30H30O12S3. The Hall–Kier alpha value is -4.47. The van der Waals surface area contributed by atoms with Gasteiger partial charge in [-0.2, -0.15) is 25.3 Å². The molecule has 0 unspecified atom stereocenters. The lowest BCUT2D eigenvalue weighted by molar-refractivity contribution is 0.296. The second-order valence-corrected chi connectivity index (χ2v) is 14.4. The zero-order valence-electron chi connectivity index (χ0n) is 24.8. The molecule has 0 heterocycles. The van der Waals surface area contributed by atoms with Crippen LogP contribution in [-0.4, -0.2) is 58.2 Å². The van der Waals surface area contributed by atoms with E-state index in [1.54, 1.807) is 18.2 Å². The lowest BCUT2D eigenvalue weighted by Crippen LogP contribution is -2.10. The Morgan fingerprint density at radius 2 is 1.13 bits per heavy atom. The lowest BCUT2D eigenvalue weighted by atomic mass is 9.96. The van der Waals surface area contributed by atoms with Gasteiger partial charge >= 0.3 is 30.4 Å². The molecule has 0 radical (unpaired) electrons. The second kappa shape index (κ2) is 13.3. The fraction of sp³-hybridized carbons (Fsp3) is 0.200. The van der Waals surface area contributed by atoms with Crippen LogP contribution in [0.5, 0.6) is 34.5 Å². The zero-order valence-corrected chi connectivity index (χ0v) is 27.3. The summed E-state index contributed by atoms with van der Waals surface area (Å²) in [6.07, 6.45) is 2.58. The number of ether oxygens (including phenoxy) is 3. The predicted molar refractivity (Wildman–Crippen MR) is 168 cm³/mol. The van der Waals surface area contributed by atoms with Gasteiger partial charge in [0, 0.05) is 11.1 Å². The van der Waals surface area contributed by atoms with E-state index in [0.717, 1.165) is 24.3 Å². The minimum Gasteiger partial charge on any atom is -0.496 e. The third-order valence-corrected chi connectivity index (χ3v) is 7.42. The molecule has 0 aliphatic rings. The van der Waals surface area contributed by atoms with Crippen LogP contribution in [0.2, 0.25) is 0 Å². The van der Waals surface area contributed by atoms with E-state index in [1.807, 2.05) is 30.3 Å². The molecule has 0 N–H and O–H groups in total. The number of hydrogen-bond acceptors (Lipinski definition) is 12. The van der Waals surface area contributed by atoms with Crippen LogP contribution in [0.1, 0.15) is 5.56 Å². The first-order valence-electron chi connectivity index (χ1n) is 13.0. The molecule has 240 valence electrons. The van der Waals surface area contributed by atoms with E-state index in [0.29, 0.717) is 0 Å². The normalized spacial score (nSPS) is 11.8. The summed E-state index contributed by atoms with van der Waals surface area (Å²) in [4.78, 5) is 0. The topological polar surface area (TPSA) is 158 Å². The highest BCUT2D eigenvalue weighted by Crippen LogP contribution is 2.53. The molecule has 4 rings (SSSR count). The van der Waals surface area contributed by atoms with Gasteiger partial charge in [-0.3, -0.25) is 0 Å². The van der Waals surface area contributed by atoms with Crippen molar-refractivity contribution >= 4 is 30.4 Å². The van der Waals surface area contributed by atoms with E-state index in [-0.39, 0.29) is 63.4 Å². The summed E-state index contributed by atoms with van der Waals surface area (Å²) in [5.74, 6) is -0.548. The summed E-state index contributed by atoms with van der Waals surface area (Å²) < 4.78 is 107. The molecule has 0 fully saturated rings. The first-order valence-corrected chi connectivity index (χ1v) is 18.4. The van der Waals surface area contributed by atoms with E-state index >= 15 is 0 Å². The molecule has 4 aromatic carbocycles. The van der Waals surface area contributed by atoms with E-state index in [1.165, 1.54) is 44.6 Å². The van der Waals surface area contributed by atoms with Crippen LogP contribution in [0.25, 0.3) is 22.3 Å². The van der Waals surface area contributed by atoms with Crippen LogP contribution in [0.4, 0.5) is 0 Å². The zero-order chi connectivity index (χ0) is 33.0. The Kier molecular flexibility index (Phi) is 9.85. The van der Waals surface area contributed by atoms with Crippen molar-refractivity contribution in [3.8, 4) is 56.8 Å². The van der Waals surface area contributed by atoms with Crippen molar-refractivity contribution in [3.63, 3.8) is 0 Å². The molecule has 0 aliphatic heterocycles. The number of benzene rings is 4. The standard InChI is InChI=1S/C30H30O12S3/c1-37-27-18-23(22-13-9-10-14-24(22)40-43(3,31)32)29(38-2)30(42-45(5,35)36)28(27)21-15-16-25(26(17-21)41-44(4,33)34)39-19-20-11-7-6-8-12-20/h6-18H,19H2,1-5H3. The van der Waals surface area contributed by atoms with Crippen molar-refractivity contribution in [1.29, 1.82) is 0 Å².